The number of nitrogens with two attached hydrogens (primary N) is 2. The van der Waals surface area contributed by atoms with Crippen molar-refractivity contribution in [3.05, 3.63) is 0 Å². The van der Waals surface area contributed by atoms with Gasteiger partial charge < -0.3 is 14.4 Å². The zero-order chi connectivity index (χ0) is 7.82. The first-order valence-corrected chi connectivity index (χ1v) is 3.10. The van der Waals surface area contributed by atoms with E-state index in [1.165, 1.54) is 0 Å². The predicted octanol–water partition coefficient (Wildman–Crippen LogP) is -0.828. The molecule has 5 heteroatoms. The Morgan fingerprint density at radius 2 is 1.70 bits per heavy atom. The van der Waals surface area contributed by atoms with Crippen LogP contribution in [0.5, 0.6) is 0 Å². The van der Waals surface area contributed by atoms with E-state index in [0.717, 1.165) is 0 Å². The molecule has 0 bridgehead atoms. The van der Waals surface area contributed by atoms with Crippen LogP contribution in [0.1, 0.15) is 6.92 Å². The first kappa shape index (κ1) is 9.80. The second-order valence-electron chi connectivity index (χ2n) is 1.74. The summed E-state index contributed by atoms with van der Waals surface area (Å²) in [6.45, 7) is 3.06. The Morgan fingerprint density at radius 3 is 2.00 bits per heavy atom. The molecule has 0 heterocycles. The van der Waals surface area contributed by atoms with E-state index in [2.05, 4.69) is 9.68 Å². The molecule has 0 fully saturated rings. The summed E-state index contributed by atoms with van der Waals surface area (Å²) in [5, 5.41) is 0. The lowest BCUT2D eigenvalue weighted by Crippen LogP contribution is -2.28. The van der Waals surface area contributed by atoms with E-state index in [0.29, 0.717) is 19.8 Å². The molecule has 0 atom stereocenters. The van der Waals surface area contributed by atoms with E-state index in [1.54, 1.807) is 0 Å². The van der Waals surface area contributed by atoms with Crippen LogP contribution in [0.2, 0.25) is 0 Å². The maximum atomic E-state index is 5.11. The van der Waals surface area contributed by atoms with Crippen molar-refractivity contribution in [3.8, 4) is 0 Å². The average Bonchev–Trinajstić information content (AvgIpc) is 1.90. The Hall–Kier alpha value is -0.200. The number of ether oxygens (including phenoxy) is 1. The first-order valence-electron chi connectivity index (χ1n) is 3.10. The predicted molar refractivity (Wildman–Crippen MR) is 35.7 cm³/mol. The minimum absolute atomic E-state index is 0.167. The van der Waals surface area contributed by atoms with Crippen LogP contribution >= 0.6 is 0 Å². The Bertz CT molecular complexity index is 57.6. The maximum Gasteiger partial charge on any atom is 0.108 e. The third-order valence-electron chi connectivity index (χ3n) is 0.967. The molecule has 0 rings (SSSR count). The van der Waals surface area contributed by atoms with Gasteiger partial charge in [0.25, 0.3) is 0 Å². The van der Waals surface area contributed by atoms with Gasteiger partial charge in [-0.3, -0.25) is 0 Å². The molecular weight excluding hydrogens is 136 g/mol. The average molecular weight is 150 g/mol. The van der Waals surface area contributed by atoms with E-state index in [4.69, 9.17) is 16.5 Å². The highest BCUT2D eigenvalue weighted by Crippen LogP contribution is 1.90. The summed E-state index contributed by atoms with van der Waals surface area (Å²) >= 11 is 0. The summed E-state index contributed by atoms with van der Waals surface area (Å²) in [5.41, 5.74) is 0. The van der Waals surface area contributed by atoms with Gasteiger partial charge in [-0.05, 0) is 6.92 Å². The van der Waals surface area contributed by atoms with Crippen LogP contribution in [-0.2, 0) is 14.4 Å². The third kappa shape index (κ3) is 4.66. The largest absolute Gasteiger partial charge is 0.374 e. The van der Waals surface area contributed by atoms with Crippen molar-refractivity contribution in [1.82, 2.24) is 0 Å². The molecule has 0 saturated heterocycles. The lowest BCUT2D eigenvalue weighted by molar-refractivity contribution is -0.0577. The fourth-order valence-electron chi connectivity index (χ4n) is 0.595. The molecule has 0 amide bonds. The molecule has 0 aromatic rings. The summed E-state index contributed by atoms with van der Waals surface area (Å²) in [5.74, 6) is 9.63. The van der Waals surface area contributed by atoms with Crippen molar-refractivity contribution in [2.45, 2.75) is 13.0 Å². The molecule has 0 unspecified atom stereocenters. The molecule has 4 N–H and O–H groups in total. The fourth-order valence-corrected chi connectivity index (χ4v) is 0.595. The lowest BCUT2D eigenvalue weighted by atomic mass is 10.4. The minimum atomic E-state index is -0.167. The molecule has 0 aliphatic rings. The summed E-state index contributed by atoms with van der Waals surface area (Å²) in [4.78, 5) is 8.70. The van der Waals surface area contributed by atoms with Gasteiger partial charge in [-0.2, -0.15) is 0 Å². The number of hydrogen-bond acceptors (Lipinski definition) is 5. The van der Waals surface area contributed by atoms with Crippen LogP contribution in [0.4, 0.5) is 0 Å². The van der Waals surface area contributed by atoms with Gasteiger partial charge in [-0.15, -0.1) is 0 Å². The summed E-state index contributed by atoms with van der Waals surface area (Å²) in [6.07, 6.45) is -0.167. The zero-order valence-corrected chi connectivity index (χ0v) is 6.08. The Morgan fingerprint density at radius 1 is 1.20 bits per heavy atom. The highest BCUT2D eigenvalue weighted by atomic mass is 16.6. The fraction of sp³-hybridized carbons (Fsp3) is 1.00. The van der Waals surface area contributed by atoms with Crippen molar-refractivity contribution in [1.29, 1.82) is 0 Å². The van der Waals surface area contributed by atoms with Crippen molar-refractivity contribution < 1.29 is 14.4 Å². The Balaban J connectivity index is 3.30. The lowest BCUT2D eigenvalue weighted by Gasteiger charge is -2.13. The van der Waals surface area contributed by atoms with Crippen molar-refractivity contribution in [2.24, 2.45) is 11.8 Å². The van der Waals surface area contributed by atoms with Crippen molar-refractivity contribution >= 4 is 0 Å². The minimum Gasteiger partial charge on any atom is -0.374 e. The van der Waals surface area contributed by atoms with Crippen LogP contribution < -0.4 is 11.8 Å². The number of hydrogen-bond donors (Lipinski definition) is 2. The topological polar surface area (TPSA) is 79.7 Å². The van der Waals surface area contributed by atoms with Crippen LogP contribution in [-0.4, -0.2) is 25.9 Å². The molecule has 0 aliphatic heterocycles. The summed E-state index contributed by atoms with van der Waals surface area (Å²) in [7, 11) is 0. The van der Waals surface area contributed by atoms with Gasteiger partial charge in [0.05, 0.1) is 13.2 Å². The van der Waals surface area contributed by atoms with Crippen LogP contribution in [0.25, 0.3) is 0 Å². The monoisotopic (exact) mass is 150 g/mol. The molecular formula is C5H14N2O3. The first-order chi connectivity index (χ1) is 4.85. The normalized spacial score (nSPS) is 10.8. The molecule has 0 aromatic carbocycles. The Kier molecular flexibility index (Phi) is 6.78. The van der Waals surface area contributed by atoms with Gasteiger partial charge in [-0.1, -0.05) is 0 Å². The van der Waals surface area contributed by atoms with Gasteiger partial charge in [-0.25, -0.2) is 11.8 Å². The molecule has 0 aromatic heterocycles. The van der Waals surface area contributed by atoms with Gasteiger partial charge in [0, 0.05) is 6.61 Å². The van der Waals surface area contributed by atoms with E-state index in [1.807, 2.05) is 6.92 Å². The highest BCUT2D eigenvalue weighted by molar-refractivity contribution is 4.52. The standard InChI is InChI=1S/C5H14N2O3/c1-2-8-5(3-9-6)4-10-7/h5H,2-4,6-7H2,1H3. The highest BCUT2D eigenvalue weighted by Gasteiger charge is 2.06. The van der Waals surface area contributed by atoms with E-state index in [-0.39, 0.29) is 6.10 Å². The molecule has 5 nitrogen and oxygen atoms in total. The van der Waals surface area contributed by atoms with E-state index < -0.39 is 0 Å². The van der Waals surface area contributed by atoms with Crippen molar-refractivity contribution in [3.63, 3.8) is 0 Å². The van der Waals surface area contributed by atoms with Crippen molar-refractivity contribution in [2.75, 3.05) is 19.8 Å². The molecule has 0 aliphatic carbocycles. The maximum absolute atomic E-state index is 5.11. The second kappa shape index (κ2) is 6.91. The van der Waals surface area contributed by atoms with Crippen LogP contribution in [0, 0.1) is 0 Å². The Labute approximate surface area is 60.1 Å². The molecule has 10 heavy (non-hydrogen) atoms. The van der Waals surface area contributed by atoms with Gasteiger partial charge in [0.2, 0.25) is 0 Å². The van der Waals surface area contributed by atoms with Crippen LogP contribution in [0.15, 0.2) is 0 Å². The SMILES string of the molecule is CCOC(CON)CON. The van der Waals surface area contributed by atoms with Gasteiger partial charge in [0.1, 0.15) is 6.10 Å². The summed E-state index contributed by atoms with van der Waals surface area (Å²) in [6, 6.07) is 0. The van der Waals surface area contributed by atoms with E-state index >= 15 is 0 Å². The summed E-state index contributed by atoms with van der Waals surface area (Å²) < 4.78 is 5.11. The van der Waals surface area contributed by atoms with E-state index in [9.17, 15) is 0 Å². The quantitative estimate of drug-likeness (QED) is 0.483. The van der Waals surface area contributed by atoms with Crippen LogP contribution in [0.3, 0.4) is 0 Å². The molecule has 0 spiro atoms. The molecule has 0 radical (unpaired) electrons. The van der Waals surface area contributed by atoms with Gasteiger partial charge in [0.15, 0.2) is 0 Å². The number of rotatable bonds is 6. The third-order valence-corrected chi connectivity index (χ3v) is 0.967. The zero-order valence-electron chi connectivity index (χ0n) is 6.08. The second-order valence-corrected chi connectivity index (χ2v) is 1.74. The van der Waals surface area contributed by atoms with Gasteiger partial charge >= 0.3 is 0 Å². The molecule has 0 saturated carbocycles. The smallest absolute Gasteiger partial charge is 0.108 e. The molecule has 62 valence electrons.